The lowest BCUT2D eigenvalue weighted by Gasteiger charge is -2.21. The molecule has 2 saturated heterocycles. The van der Waals surface area contributed by atoms with Crippen LogP contribution in [0.2, 0.25) is 0 Å². The van der Waals surface area contributed by atoms with E-state index >= 15 is 0 Å². The van der Waals surface area contributed by atoms with Crippen molar-refractivity contribution >= 4 is 5.69 Å². The molecule has 0 amide bonds. The van der Waals surface area contributed by atoms with Crippen LogP contribution in [0.25, 0.3) is 0 Å². The van der Waals surface area contributed by atoms with E-state index in [2.05, 4.69) is 10.2 Å². The number of benzene rings is 1. The number of nitrogens with one attached hydrogen (secondary N) is 1. The van der Waals surface area contributed by atoms with Crippen LogP contribution in [0, 0.1) is 0 Å². The fourth-order valence-electron chi connectivity index (χ4n) is 2.99. The first-order valence-electron chi connectivity index (χ1n) is 7.28. The lowest BCUT2D eigenvalue weighted by atomic mass is 10.2. The zero-order valence-corrected chi connectivity index (χ0v) is 11.7. The normalized spacial score (nSPS) is 26.5. The summed E-state index contributed by atoms with van der Waals surface area (Å²) in [7, 11) is 0. The number of nitrogens with zero attached hydrogens (tertiary/aromatic N) is 1. The van der Waals surface area contributed by atoms with Crippen molar-refractivity contribution in [3.8, 4) is 0 Å². The molecule has 0 bridgehead atoms. The van der Waals surface area contributed by atoms with Crippen LogP contribution in [0.15, 0.2) is 24.3 Å². The van der Waals surface area contributed by atoms with E-state index in [4.69, 9.17) is 4.74 Å². The Bertz CT molecular complexity index is 469. The number of hydrogen-bond acceptors (Lipinski definition) is 3. The third-order valence-corrected chi connectivity index (χ3v) is 4.15. The van der Waals surface area contributed by atoms with Gasteiger partial charge in [0.25, 0.3) is 0 Å². The van der Waals surface area contributed by atoms with E-state index in [1.54, 1.807) is 12.1 Å². The van der Waals surface area contributed by atoms with Gasteiger partial charge in [-0.25, -0.2) is 0 Å². The SMILES string of the molecule is FC(F)(F)c1ccc(N2CC[C@H](N[C@@H]3CCOC3)C2)cc1. The van der Waals surface area contributed by atoms with E-state index < -0.39 is 11.7 Å². The number of rotatable bonds is 3. The summed E-state index contributed by atoms with van der Waals surface area (Å²) in [6.07, 6.45) is -2.22. The van der Waals surface area contributed by atoms with Gasteiger partial charge in [0.15, 0.2) is 0 Å². The van der Waals surface area contributed by atoms with Gasteiger partial charge in [-0.2, -0.15) is 13.2 Å². The van der Waals surface area contributed by atoms with E-state index in [0.29, 0.717) is 12.1 Å². The van der Waals surface area contributed by atoms with E-state index in [1.165, 1.54) is 0 Å². The van der Waals surface area contributed by atoms with Gasteiger partial charge in [0.1, 0.15) is 0 Å². The summed E-state index contributed by atoms with van der Waals surface area (Å²) in [6, 6.07) is 6.23. The van der Waals surface area contributed by atoms with Gasteiger partial charge < -0.3 is 15.0 Å². The predicted octanol–water partition coefficient (Wildman–Crippen LogP) is 2.66. The minimum absolute atomic E-state index is 0.388. The van der Waals surface area contributed by atoms with Gasteiger partial charge in [0.2, 0.25) is 0 Å². The minimum atomic E-state index is -4.27. The molecule has 0 radical (unpaired) electrons. The van der Waals surface area contributed by atoms with Crippen molar-refractivity contribution < 1.29 is 17.9 Å². The Balaban J connectivity index is 1.58. The van der Waals surface area contributed by atoms with Crippen LogP contribution in [0.3, 0.4) is 0 Å². The highest BCUT2D eigenvalue weighted by molar-refractivity contribution is 5.49. The number of ether oxygens (including phenoxy) is 1. The molecule has 1 aromatic rings. The quantitative estimate of drug-likeness (QED) is 0.929. The highest BCUT2D eigenvalue weighted by atomic mass is 19.4. The number of halogens is 3. The van der Waals surface area contributed by atoms with Crippen molar-refractivity contribution in [1.29, 1.82) is 0 Å². The first-order chi connectivity index (χ1) is 10.0. The Hall–Kier alpha value is -1.27. The highest BCUT2D eigenvalue weighted by Crippen LogP contribution is 2.31. The zero-order chi connectivity index (χ0) is 14.9. The number of alkyl halides is 3. The smallest absolute Gasteiger partial charge is 0.380 e. The third kappa shape index (κ3) is 3.49. The molecule has 21 heavy (non-hydrogen) atoms. The van der Waals surface area contributed by atoms with E-state index in [-0.39, 0.29) is 0 Å². The molecule has 3 rings (SSSR count). The topological polar surface area (TPSA) is 24.5 Å². The Morgan fingerprint density at radius 1 is 1.10 bits per heavy atom. The molecule has 2 aliphatic rings. The summed E-state index contributed by atoms with van der Waals surface area (Å²) in [5.41, 5.74) is 0.262. The van der Waals surface area contributed by atoms with E-state index in [9.17, 15) is 13.2 Å². The summed E-state index contributed by atoms with van der Waals surface area (Å²) in [5, 5.41) is 3.57. The largest absolute Gasteiger partial charge is 0.416 e. The Morgan fingerprint density at radius 2 is 1.86 bits per heavy atom. The maximum Gasteiger partial charge on any atom is 0.416 e. The Kier molecular flexibility index (Phi) is 4.08. The molecule has 0 aliphatic carbocycles. The van der Waals surface area contributed by atoms with Crippen LogP contribution in [0.5, 0.6) is 0 Å². The molecule has 2 fully saturated rings. The van der Waals surface area contributed by atoms with Gasteiger partial charge in [-0.05, 0) is 37.1 Å². The van der Waals surface area contributed by atoms with Crippen LogP contribution in [-0.4, -0.2) is 38.4 Å². The van der Waals surface area contributed by atoms with Crippen molar-refractivity contribution in [3.63, 3.8) is 0 Å². The van der Waals surface area contributed by atoms with Gasteiger partial charge >= 0.3 is 6.18 Å². The maximum absolute atomic E-state index is 12.6. The highest BCUT2D eigenvalue weighted by Gasteiger charge is 2.31. The zero-order valence-electron chi connectivity index (χ0n) is 11.7. The average Bonchev–Trinajstić information content (AvgIpc) is 3.10. The van der Waals surface area contributed by atoms with Gasteiger partial charge in [0.05, 0.1) is 12.2 Å². The van der Waals surface area contributed by atoms with Gasteiger partial charge in [-0.1, -0.05) is 0 Å². The molecule has 2 aliphatic heterocycles. The average molecular weight is 300 g/mol. The fourth-order valence-corrected chi connectivity index (χ4v) is 2.99. The fraction of sp³-hybridized carbons (Fsp3) is 0.600. The molecular formula is C15H19F3N2O. The van der Waals surface area contributed by atoms with Gasteiger partial charge in [-0.15, -0.1) is 0 Å². The molecule has 0 unspecified atom stereocenters. The van der Waals surface area contributed by atoms with Crippen molar-refractivity contribution in [2.75, 3.05) is 31.2 Å². The van der Waals surface area contributed by atoms with Crippen LogP contribution in [-0.2, 0) is 10.9 Å². The summed E-state index contributed by atoms with van der Waals surface area (Å²) in [5.74, 6) is 0. The van der Waals surface area contributed by atoms with Crippen molar-refractivity contribution in [3.05, 3.63) is 29.8 Å². The first kappa shape index (κ1) is 14.7. The second-order valence-corrected chi connectivity index (χ2v) is 5.70. The van der Waals surface area contributed by atoms with E-state index in [1.807, 2.05) is 0 Å². The molecule has 0 aromatic heterocycles. The molecule has 2 atom stereocenters. The standard InChI is InChI=1S/C15H19F3N2O/c16-15(17,18)11-1-3-14(4-2-11)20-7-5-12(9-20)19-13-6-8-21-10-13/h1-4,12-13,19H,5-10H2/t12-,13+/m0/s1. The molecule has 0 saturated carbocycles. The molecule has 1 aromatic carbocycles. The monoisotopic (exact) mass is 300 g/mol. The Labute approximate surface area is 122 Å². The summed E-state index contributed by atoms with van der Waals surface area (Å²) in [6.45, 7) is 3.28. The van der Waals surface area contributed by atoms with Gasteiger partial charge in [-0.3, -0.25) is 0 Å². The summed E-state index contributed by atoms with van der Waals surface area (Å²) >= 11 is 0. The molecular weight excluding hydrogens is 281 g/mol. The molecule has 0 spiro atoms. The molecule has 116 valence electrons. The Morgan fingerprint density at radius 3 is 2.48 bits per heavy atom. The molecule has 6 heteroatoms. The summed E-state index contributed by atoms with van der Waals surface area (Å²) < 4.78 is 43.0. The van der Waals surface area contributed by atoms with Crippen molar-refractivity contribution in [2.24, 2.45) is 0 Å². The number of anilines is 1. The van der Waals surface area contributed by atoms with Crippen LogP contribution in [0.1, 0.15) is 18.4 Å². The lowest BCUT2D eigenvalue weighted by Crippen LogP contribution is -2.40. The second kappa shape index (κ2) is 5.85. The molecule has 1 N–H and O–H groups in total. The predicted molar refractivity (Wildman–Crippen MR) is 74.4 cm³/mol. The number of hydrogen-bond donors (Lipinski definition) is 1. The van der Waals surface area contributed by atoms with Crippen molar-refractivity contribution in [1.82, 2.24) is 5.32 Å². The van der Waals surface area contributed by atoms with Crippen molar-refractivity contribution in [2.45, 2.75) is 31.1 Å². The lowest BCUT2D eigenvalue weighted by molar-refractivity contribution is -0.137. The second-order valence-electron chi connectivity index (χ2n) is 5.70. The molecule has 2 heterocycles. The van der Waals surface area contributed by atoms with E-state index in [0.717, 1.165) is 57.0 Å². The van der Waals surface area contributed by atoms with Crippen LogP contribution in [0.4, 0.5) is 18.9 Å². The third-order valence-electron chi connectivity index (χ3n) is 4.15. The van der Waals surface area contributed by atoms with Gasteiger partial charge in [0, 0.05) is 37.5 Å². The summed E-state index contributed by atoms with van der Waals surface area (Å²) in [4.78, 5) is 2.13. The van der Waals surface area contributed by atoms with Crippen LogP contribution >= 0.6 is 0 Å². The maximum atomic E-state index is 12.6. The molecule has 3 nitrogen and oxygen atoms in total. The minimum Gasteiger partial charge on any atom is -0.380 e. The first-order valence-corrected chi connectivity index (χ1v) is 7.28. The van der Waals surface area contributed by atoms with Crippen LogP contribution < -0.4 is 10.2 Å².